The van der Waals surface area contributed by atoms with Crippen molar-refractivity contribution in [3.63, 3.8) is 0 Å². The van der Waals surface area contributed by atoms with E-state index < -0.39 is 10.0 Å². The van der Waals surface area contributed by atoms with E-state index in [1.54, 1.807) is 30.3 Å². The molecule has 0 aromatic heterocycles. The number of carbonyl (C=O) groups is 1. The van der Waals surface area contributed by atoms with Gasteiger partial charge in [0, 0.05) is 5.69 Å². The van der Waals surface area contributed by atoms with Gasteiger partial charge in [0.05, 0.1) is 22.0 Å². The molecule has 5 nitrogen and oxygen atoms in total. The summed E-state index contributed by atoms with van der Waals surface area (Å²) in [4.78, 5) is 11.4. The molecular formula is C14H11ClN2O3S. The zero-order valence-corrected chi connectivity index (χ0v) is 12.3. The number of halogens is 1. The molecule has 0 bridgehead atoms. The molecule has 1 amide bonds. The molecule has 0 aliphatic carbocycles. The van der Waals surface area contributed by atoms with Crippen LogP contribution in [-0.4, -0.2) is 14.3 Å². The fourth-order valence-electron chi connectivity index (χ4n) is 2.12. The Morgan fingerprint density at radius 1 is 1.14 bits per heavy atom. The topological polar surface area (TPSA) is 75.3 Å². The number of sulfonamides is 1. The van der Waals surface area contributed by atoms with Crippen LogP contribution in [0.3, 0.4) is 0 Å². The molecule has 0 saturated carbocycles. The molecule has 2 aromatic rings. The number of carbonyl (C=O) groups excluding carboxylic acids is 1. The molecule has 7 heteroatoms. The molecule has 1 aliphatic heterocycles. The standard InChI is InChI=1S/C14H11ClN2O3S/c15-11-3-1-2-4-13(11)17-21(19,20)10-5-6-12-9(7-10)8-14(18)16-12/h1-7,17H,8H2,(H,16,18). The lowest BCUT2D eigenvalue weighted by Gasteiger charge is -2.10. The average molecular weight is 323 g/mol. The second kappa shape index (κ2) is 5.05. The van der Waals surface area contributed by atoms with Crippen LogP contribution in [0.2, 0.25) is 5.02 Å². The minimum atomic E-state index is -3.75. The third-order valence-corrected chi connectivity index (χ3v) is 4.82. The van der Waals surface area contributed by atoms with E-state index in [9.17, 15) is 13.2 Å². The van der Waals surface area contributed by atoms with Gasteiger partial charge in [0.25, 0.3) is 10.0 Å². The van der Waals surface area contributed by atoms with Crippen molar-refractivity contribution in [2.45, 2.75) is 11.3 Å². The van der Waals surface area contributed by atoms with E-state index in [2.05, 4.69) is 10.0 Å². The Hall–Kier alpha value is -2.05. The number of para-hydroxylation sites is 1. The molecule has 21 heavy (non-hydrogen) atoms. The average Bonchev–Trinajstić information content (AvgIpc) is 2.80. The molecule has 1 heterocycles. The van der Waals surface area contributed by atoms with Gasteiger partial charge in [0.15, 0.2) is 0 Å². The maximum atomic E-state index is 12.4. The molecule has 0 saturated heterocycles. The Morgan fingerprint density at radius 2 is 1.90 bits per heavy atom. The predicted octanol–water partition coefficient (Wildman–Crippen LogP) is 2.64. The summed E-state index contributed by atoms with van der Waals surface area (Å²) in [5.41, 5.74) is 1.63. The molecule has 2 N–H and O–H groups in total. The Labute approximate surface area is 127 Å². The van der Waals surface area contributed by atoms with Gasteiger partial charge in [0.1, 0.15) is 0 Å². The number of rotatable bonds is 3. The number of benzene rings is 2. The highest BCUT2D eigenvalue weighted by molar-refractivity contribution is 7.92. The summed E-state index contributed by atoms with van der Waals surface area (Å²) in [6, 6.07) is 11.1. The van der Waals surface area contributed by atoms with E-state index in [-0.39, 0.29) is 17.2 Å². The lowest BCUT2D eigenvalue weighted by atomic mass is 10.2. The highest BCUT2D eigenvalue weighted by Crippen LogP contribution is 2.28. The maximum absolute atomic E-state index is 12.4. The predicted molar refractivity (Wildman–Crippen MR) is 81.0 cm³/mol. The van der Waals surface area contributed by atoms with Gasteiger partial charge < -0.3 is 5.32 Å². The second-order valence-corrected chi connectivity index (χ2v) is 6.72. The molecular weight excluding hydrogens is 312 g/mol. The SMILES string of the molecule is O=C1Cc2cc(S(=O)(=O)Nc3ccccc3Cl)ccc2N1. The summed E-state index contributed by atoms with van der Waals surface area (Å²) < 4.78 is 27.2. The van der Waals surface area contributed by atoms with Crippen molar-refractivity contribution in [3.8, 4) is 0 Å². The maximum Gasteiger partial charge on any atom is 0.261 e. The van der Waals surface area contributed by atoms with Crippen LogP contribution in [0.1, 0.15) is 5.56 Å². The Bertz CT molecular complexity index is 834. The van der Waals surface area contributed by atoms with Crippen LogP contribution >= 0.6 is 11.6 Å². The molecule has 0 fully saturated rings. The third kappa shape index (κ3) is 2.72. The smallest absolute Gasteiger partial charge is 0.261 e. The van der Waals surface area contributed by atoms with Crippen molar-refractivity contribution in [1.82, 2.24) is 0 Å². The summed E-state index contributed by atoms with van der Waals surface area (Å²) in [5.74, 6) is -0.140. The zero-order chi connectivity index (χ0) is 15.0. The van der Waals surface area contributed by atoms with Gasteiger partial charge in [-0.15, -0.1) is 0 Å². The highest BCUT2D eigenvalue weighted by Gasteiger charge is 2.22. The van der Waals surface area contributed by atoms with Crippen LogP contribution in [-0.2, 0) is 21.2 Å². The Balaban J connectivity index is 1.95. The number of anilines is 2. The summed E-state index contributed by atoms with van der Waals surface area (Å²) >= 11 is 5.95. The summed E-state index contributed by atoms with van der Waals surface area (Å²) in [6.45, 7) is 0. The van der Waals surface area contributed by atoms with E-state index in [0.29, 0.717) is 22.0 Å². The lowest BCUT2D eigenvalue weighted by molar-refractivity contribution is -0.115. The fraction of sp³-hybridized carbons (Fsp3) is 0.0714. The quantitative estimate of drug-likeness (QED) is 0.912. The molecule has 0 spiro atoms. The van der Waals surface area contributed by atoms with Gasteiger partial charge in [-0.3, -0.25) is 9.52 Å². The largest absolute Gasteiger partial charge is 0.326 e. The van der Waals surface area contributed by atoms with Gasteiger partial charge in [-0.2, -0.15) is 0 Å². The number of fused-ring (bicyclic) bond motifs is 1. The van der Waals surface area contributed by atoms with Gasteiger partial charge in [-0.1, -0.05) is 23.7 Å². The van der Waals surface area contributed by atoms with Crippen molar-refractivity contribution in [2.75, 3.05) is 10.0 Å². The number of nitrogens with one attached hydrogen (secondary N) is 2. The molecule has 3 rings (SSSR count). The van der Waals surface area contributed by atoms with Gasteiger partial charge in [-0.25, -0.2) is 8.42 Å². The Morgan fingerprint density at radius 3 is 2.67 bits per heavy atom. The first-order valence-corrected chi connectivity index (χ1v) is 8.02. The minimum absolute atomic E-state index is 0.0951. The van der Waals surface area contributed by atoms with E-state index in [0.717, 1.165) is 0 Å². The molecule has 0 unspecified atom stereocenters. The molecule has 2 aromatic carbocycles. The van der Waals surface area contributed by atoms with E-state index in [1.165, 1.54) is 12.1 Å². The van der Waals surface area contributed by atoms with E-state index >= 15 is 0 Å². The first-order valence-electron chi connectivity index (χ1n) is 6.16. The third-order valence-electron chi connectivity index (χ3n) is 3.13. The first kappa shape index (κ1) is 13.9. The van der Waals surface area contributed by atoms with Crippen LogP contribution < -0.4 is 10.0 Å². The minimum Gasteiger partial charge on any atom is -0.326 e. The van der Waals surface area contributed by atoms with E-state index in [1.807, 2.05) is 0 Å². The number of hydrogen-bond acceptors (Lipinski definition) is 3. The molecule has 1 aliphatic rings. The van der Waals surface area contributed by atoms with Gasteiger partial charge in [0.2, 0.25) is 5.91 Å². The molecule has 0 radical (unpaired) electrons. The van der Waals surface area contributed by atoms with Crippen molar-refractivity contribution in [2.24, 2.45) is 0 Å². The van der Waals surface area contributed by atoms with Crippen LogP contribution in [0.25, 0.3) is 0 Å². The molecule has 108 valence electrons. The second-order valence-electron chi connectivity index (χ2n) is 4.63. The van der Waals surface area contributed by atoms with Gasteiger partial charge >= 0.3 is 0 Å². The number of amides is 1. The van der Waals surface area contributed by atoms with E-state index in [4.69, 9.17) is 11.6 Å². The van der Waals surface area contributed by atoms with Crippen LogP contribution in [0.4, 0.5) is 11.4 Å². The Kier molecular flexibility index (Phi) is 3.35. The van der Waals surface area contributed by atoms with Crippen molar-refractivity contribution in [3.05, 3.63) is 53.1 Å². The fourth-order valence-corrected chi connectivity index (χ4v) is 3.49. The first-order chi connectivity index (χ1) is 9.95. The van der Waals surface area contributed by atoms with Crippen LogP contribution in [0, 0.1) is 0 Å². The summed E-state index contributed by atoms with van der Waals surface area (Å²) in [6.07, 6.45) is 0.185. The highest BCUT2D eigenvalue weighted by atomic mass is 35.5. The molecule has 0 atom stereocenters. The number of hydrogen-bond donors (Lipinski definition) is 2. The van der Waals surface area contributed by atoms with Crippen LogP contribution in [0.15, 0.2) is 47.4 Å². The van der Waals surface area contributed by atoms with Crippen molar-refractivity contribution >= 4 is 38.9 Å². The normalized spacial score (nSPS) is 13.7. The summed E-state index contributed by atoms with van der Waals surface area (Å²) in [7, 11) is -3.75. The van der Waals surface area contributed by atoms with Crippen molar-refractivity contribution < 1.29 is 13.2 Å². The lowest BCUT2D eigenvalue weighted by Crippen LogP contribution is -2.13. The van der Waals surface area contributed by atoms with Crippen molar-refractivity contribution in [1.29, 1.82) is 0 Å². The summed E-state index contributed by atoms with van der Waals surface area (Å²) in [5, 5.41) is 2.98. The van der Waals surface area contributed by atoms with Gasteiger partial charge in [-0.05, 0) is 35.9 Å². The van der Waals surface area contributed by atoms with Crippen LogP contribution in [0.5, 0.6) is 0 Å². The monoisotopic (exact) mass is 322 g/mol. The zero-order valence-electron chi connectivity index (χ0n) is 10.8.